The monoisotopic (exact) mass is 482 g/mol. The van der Waals surface area contributed by atoms with Gasteiger partial charge in [-0.15, -0.1) is 0 Å². The number of non-ortho nitro benzene ring substituents is 1. The molecule has 0 spiro atoms. The number of halogens is 1. The first-order valence-corrected chi connectivity index (χ1v) is 11.3. The van der Waals surface area contributed by atoms with E-state index in [0.717, 1.165) is 18.2 Å². The van der Waals surface area contributed by atoms with Crippen LogP contribution in [0.15, 0.2) is 35.2 Å². The molecule has 0 aromatic heterocycles. The molecule has 2 aromatic rings. The largest absolute Gasteiger partial charge is 0.467 e. The quantitative estimate of drug-likeness (QED) is 0.344. The lowest BCUT2D eigenvalue weighted by Gasteiger charge is -2.26. The summed E-state index contributed by atoms with van der Waals surface area (Å²) in [6.45, 7) is 0.284. The number of nitrogens with zero attached hydrogens (tertiary/aromatic N) is 2. The molecule has 1 fully saturated rings. The zero-order chi connectivity index (χ0) is 23.6. The molecular formula is C20H19FN2O9S. The summed E-state index contributed by atoms with van der Waals surface area (Å²) in [5.74, 6) is -1.81. The maximum absolute atomic E-state index is 14.4. The summed E-state index contributed by atoms with van der Waals surface area (Å²) in [5, 5.41) is 11.2. The molecule has 13 heteroatoms. The third kappa shape index (κ3) is 4.80. The molecule has 1 saturated heterocycles. The molecule has 2 heterocycles. The second-order valence-corrected chi connectivity index (χ2v) is 9.13. The third-order valence-electron chi connectivity index (χ3n) is 5.11. The molecule has 0 aliphatic carbocycles. The molecule has 0 bridgehead atoms. The van der Waals surface area contributed by atoms with Gasteiger partial charge in [-0.05, 0) is 18.2 Å². The van der Waals surface area contributed by atoms with E-state index in [0.29, 0.717) is 5.56 Å². The highest BCUT2D eigenvalue weighted by Crippen LogP contribution is 2.33. The first-order chi connectivity index (χ1) is 15.8. The lowest BCUT2D eigenvalue weighted by atomic mass is 10.1. The molecular weight excluding hydrogens is 463 g/mol. The number of hydrogen-bond donors (Lipinski definition) is 0. The van der Waals surface area contributed by atoms with Crippen LogP contribution in [0.4, 0.5) is 10.1 Å². The fourth-order valence-corrected chi connectivity index (χ4v) is 4.91. The number of nitro groups is 1. The first kappa shape index (κ1) is 23.0. The zero-order valence-electron chi connectivity index (χ0n) is 17.2. The fraction of sp³-hybridized carbons (Fsp3) is 0.350. The summed E-state index contributed by atoms with van der Waals surface area (Å²) in [6.07, 6.45) is 0. The summed E-state index contributed by atoms with van der Waals surface area (Å²) in [5.41, 5.74) is -0.216. The number of rotatable bonds is 6. The van der Waals surface area contributed by atoms with E-state index in [1.807, 2.05) is 0 Å². The number of sulfonamides is 1. The van der Waals surface area contributed by atoms with Crippen molar-refractivity contribution in [3.63, 3.8) is 0 Å². The minimum absolute atomic E-state index is 0.0774. The van der Waals surface area contributed by atoms with E-state index in [1.54, 1.807) is 0 Å². The number of benzene rings is 2. The van der Waals surface area contributed by atoms with Gasteiger partial charge in [-0.2, -0.15) is 4.31 Å². The number of ether oxygens (including phenoxy) is 4. The average Bonchev–Trinajstić information content (AvgIpc) is 2.82. The lowest BCUT2D eigenvalue weighted by molar-refractivity contribution is -0.385. The molecule has 11 nitrogen and oxygen atoms in total. The predicted octanol–water partition coefficient (Wildman–Crippen LogP) is 1.98. The number of morpholine rings is 1. The number of hydrogen-bond acceptors (Lipinski definition) is 9. The van der Waals surface area contributed by atoms with Crippen LogP contribution >= 0.6 is 0 Å². The van der Waals surface area contributed by atoms with E-state index in [9.17, 15) is 27.7 Å². The lowest BCUT2D eigenvalue weighted by Crippen LogP contribution is -2.40. The minimum atomic E-state index is -3.96. The molecule has 0 atom stereocenters. The Hall–Kier alpha value is -3.13. The van der Waals surface area contributed by atoms with Crippen molar-refractivity contribution in [3.05, 3.63) is 63.0 Å². The van der Waals surface area contributed by atoms with Crippen LogP contribution in [0.5, 0.6) is 5.75 Å². The van der Waals surface area contributed by atoms with Gasteiger partial charge in [0.25, 0.3) is 5.69 Å². The Bertz CT molecular complexity index is 1200. The summed E-state index contributed by atoms with van der Waals surface area (Å²) in [6, 6.07) is 5.34. The highest BCUT2D eigenvalue weighted by molar-refractivity contribution is 7.89. The summed E-state index contributed by atoms with van der Waals surface area (Å²) >= 11 is 0. The van der Waals surface area contributed by atoms with Gasteiger partial charge < -0.3 is 18.9 Å². The van der Waals surface area contributed by atoms with Crippen molar-refractivity contribution in [2.45, 2.75) is 18.1 Å². The highest BCUT2D eigenvalue weighted by Gasteiger charge is 2.28. The van der Waals surface area contributed by atoms with Gasteiger partial charge in [0.15, 0.2) is 6.79 Å². The van der Waals surface area contributed by atoms with Crippen LogP contribution in [0.25, 0.3) is 0 Å². The fourth-order valence-electron chi connectivity index (χ4n) is 3.47. The van der Waals surface area contributed by atoms with Crippen molar-refractivity contribution < 1.29 is 41.5 Å². The first-order valence-electron chi connectivity index (χ1n) is 9.82. The molecule has 2 aliphatic heterocycles. The normalized spacial score (nSPS) is 16.5. The third-order valence-corrected chi connectivity index (χ3v) is 7.00. The number of nitro benzene ring substituents is 1. The van der Waals surface area contributed by atoms with Crippen molar-refractivity contribution in [2.24, 2.45) is 0 Å². The highest BCUT2D eigenvalue weighted by atomic mass is 32.2. The van der Waals surface area contributed by atoms with Gasteiger partial charge in [0.1, 0.15) is 18.2 Å². The molecule has 176 valence electrons. The Morgan fingerprint density at radius 2 is 1.94 bits per heavy atom. The van der Waals surface area contributed by atoms with E-state index < -0.39 is 38.9 Å². The molecule has 2 aliphatic rings. The van der Waals surface area contributed by atoms with Gasteiger partial charge in [0, 0.05) is 36.3 Å². The summed E-state index contributed by atoms with van der Waals surface area (Å²) < 4.78 is 62.0. The maximum Gasteiger partial charge on any atom is 0.341 e. The van der Waals surface area contributed by atoms with Crippen molar-refractivity contribution in [1.82, 2.24) is 4.31 Å². The van der Waals surface area contributed by atoms with Crippen molar-refractivity contribution in [2.75, 3.05) is 33.1 Å². The topological polar surface area (TPSA) is 135 Å². The Labute approximate surface area is 187 Å². The molecule has 33 heavy (non-hydrogen) atoms. The van der Waals surface area contributed by atoms with E-state index in [-0.39, 0.29) is 61.6 Å². The Balaban J connectivity index is 1.57. The van der Waals surface area contributed by atoms with Crippen LogP contribution in [0, 0.1) is 15.9 Å². The smallest absolute Gasteiger partial charge is 0.341 e. The number of fused-ring (bicyclic) bond motifs is 1. The van der Waals surface area contributed by atoms with Crippen molar-refractivity contribution in [3.8, 4) is 5.75 Å². The Kier molecular flexibility index (Phi) is 6.56. The molecule has 2 aromatic carbocycles. The zero-order valence-corrected chi connectivity index (χ0v) is 18.0. The van der Waals surface area contributed by atoms with Crippen LogP contribution in [-0.4, -0.2) is 56.7 Å². The molecule has 0 radical (unpaired) electrons. The van der Waals surface area contributed by atoms with Gasteiger partial charge in [0.05, 0.1) is 35.2 Å². The summed E-state index contributed by atoms with van der Waals surface area (Å²) in [4.78, 5) is 22.9. The maximum atomic E-state index is 14.4. The van der Waals surface area contributed by atoms with Crippen LogP contribution in [0.3, 0.4) is 0 Å². The van der Waals surface area contributed by atoms with Crippen LogP contribution in [-0.2, 0) is 37.4 Å². The standard InChI is InChI=1S/C20H19FN2O9S/c21-18-2-1-16(33(27,28)22-3-5-29-6-4-22)9-17(18)20(24)31-11-14-8-15(23(25)26)7-13-10-30-12-32-19(13)14/h1-2,7-9H,3-6,10-12H2. The van der Waals surface area contributed by atoms with Gasteiger partial charge in [-0.25, -0.2) is 17.6 Å². The SMILES string of the molecule is O=C(OCc1cc([N+](=O)[O-])cc2c1OCOC2)c1cc(S(=O)(=O)N2CCOCC2)ccc1F. The number of carbonyl (C=O) groups is 1. The van der Waals surface area contributed by atoms with Crippen LogP contribution < -0.4 is 4.74 Å². The second kappa shape index (κ2) is 9.39. The van der Waals surface area contributed by atoms with Crippen LogP contribution in [0.2, 0.25) is 0 Å². The molecule has 0 unspecified atom stereocenters. The van der Waals surface area contributed by atoms with Crippen molar-refractivity contribution in [1.29, 1.82) is 0 Å². The Morgan fingerprint density at radius 1 is 1.18 bits per heavy atom. The van der Waals surface area contributed by atoms with Crippen LogP contribution in [0.1, 0.15) is 21.5 Å². The van der Waals surface area contributed by atoms with Gasteiger partial charge >= 0.3 is 5.97 Å². The Morgan fingerprint density at radius 3 is 2.67 bits per heavy atom. The predicted molar refractivity (Wildman–Crippen MR) is 108 cm³/mol. The second-order valence-electron chi connectivity index (χ2n) is 7.20. The van der Waals surface area contributed by atoms with Gasteiger partial charge in [-0.1, -0.05) is 0 Å². The molecule has 0 saturated carbocycles. The minimum Gasteiger partial charge on any atom is -0.467 e. The van der Waals surface area contributed by atoms with E-state index in [4.69, 9.17) is 18.9 Å². The molecule has 0 N–H and O–H groups in total. The van der Waals surface area contributed by atoms with Crippen molar-refractivity contribution >= 4 is 21.7 Å². The molecule has 4 rings (SSSR count). The molecule has 0 amide bonds. The van der Waals surface area contributed by atoms with Gasteiger partial charge in [0.2, 0.25) is 10.0 Å². The van der Waals surface area contributed by atoms with E-state index in [2.05, 4.69) is 0 Å². The average molecular weight is 482 g/mol. The van der Waals surface area contributed by atoms with Gasteiger partial charge in [-0.3, -0.25) is 10.1 Å². The van der Waals surface area contributed by atoms with E-state index >= 15 is 0 Å². The number of esters is 1. The van der Waals surface area contributed by atoms with E-state index in [1.165, 1.54) is 16.4 Å². The number of carbonyl (C=O) groups excluding carboxylic acids is 1. The summed E-state index contributed by atoms with van der Waals surface area (Å²) in [7, 11) is -3.96.